The number of nitrogen functional groups attached to an aromatic ring is 1. The largest absolute Gasteiger partial charge is 0.461 e. The molecule has 0 amide bonds. The van der Waals surface area contributed by atoms with Gasteiger partial charge < -0.3 is 15.4 Å². The highest BCUT2D eigenvalue weighted by Crippen LogP contribution is 2.24. The van der Waals surface area contributed by atoms with Gasteiger partial charge in [-0.15, -0.1) is 0 Å². The summed E-state index contributed by atoms with van der Waals surface area (Å²) in [4.78, 5) is 17.5. The first-order chi connectivity index (χ1) is 10.1. The highest BCUT2D eigenvalue weighted by atomic mass is 16.5. The molecule has 116 valence electrons. The van der Waals surface area contributed by atoms with Crippen LogP contribution in [0.4, 0.5) is 11.9 Å². The van der Waals surface area contributed by atoms with E-state index >= 15 is 0 Å². The molecule has 0 aliphatic carbocycles. The Morgan fingerprint density at radius 2 is 1.90 bits per heavy atom. The molecule has 2 N–H and O–H groups in total. The van der Waals surface area contributed by atoms with Crippen LogP contribution in [0.25, 0.3) is 0 Å². The molecule has 1 aromatic rings. The van der Waals surface area contributed by atoms with E-state index in [-0.39, 0.29) is 12.1 Å². The van der Waals surface area contributed by atoms with Crippen molar-refractivity contribution in [3.63, 3.8) is 0 Å². The number of hydrogen-bond acceptors (Lipinski definition) is 7. The Kier molecular flexibility index (Phi) is 4.10. The Bertz CT molecular complexity index is 488. The van der Waals surface area contributed by atoms with Crippen molar-refractivity contribution < 1.29 is 4.74 Å². The number of likely N-dealkylation sites (tertiary alicyclic amines) is 1. The maximum Gasteiger partial charge on any atom is 0.323 e. The minimum Gasteiger partial charge on any atom is -0.461 e. The van der Waals surface area contributed by atoms with Crippen LogP contribution in [0.3, 0.4) is 0 Å². The third-order valence-electron chi connectivity index (χ3n) is 4.06. The van der Waals surface area contributed by atoms with E-state index in [1.807, 2.05) is 13.8 Å². The lowest BCUT2D eigenvalue weighted by Crippen LogP contribution is -2.35. The molecule has 2 saturated heterocycles. The molecular weight excluding hydrogens is 268 g/mol. The molecule has 1 atom stereocenters. The molecule has 0 aromatic carbocycles. The average Bonchev–Trinajstić information content (AvgIpc) is 3.08. The van der Waals surface area contributed by atoms with E-state index in [1.165, 1.54) is 25.9 Å². The van der Waals surface area contributed by atoms with Crippen molar-refractivity contribution in [3.05, 3.63) is 0 Å². The van der Waals surface area contributed by atoms with Gasteiger partial charge in [0.1, 0.15) is 0 Å². The fourth-order valence-corrected chi connectivity index (χ4v) is 3.09. The first kappa shape index (κ1) is 14.3. The molecule has 0 radical (unpaired) electrons. The number of aromatic nitrogens is 3. The fraction of sp³-hybridized carbons (Fsp3) is 0.786. The van der Waals surface area contributed by atoms with Crippen LogP contribution in [0.2, 0.25) is 0 Å². The highest BCUT2D eigenvalue weighted by molar-refractivity contribution is 5.37. The Morgan fingerprint density at radius 1 is 1.14 bits per heavy atom. The van der Waals surface area contributed by atoms with Crippen LogP contribution in [-0.4, -0.2) is 58.2 Å². The quantitative estimate of drug-likeness (QED) is 0.883. The van der Waals surface area contributed by atoms with E-state index in [1.54, 1.807) is 0 Å². The van der Waals surface area contributed by atoms with Crippen LogP contribution in [0.1, 0.15) is 33.1 Å². The Labute approximate surface area is 125 Å². The van der Waals surface area contributed by atoms with E-state index in [4.69, 9.17) is 10.5 Å². The summed E-state index contributed by atoms with van der Waals surface area (Å²) in [6, 6.07) is 0.928. The number of nitrogens with zero attached hydrogens (tertiary/aromatic N) is 5. The maximum absolute atomic E-state index is 5.78. The van der Waals surface area contributed by atoms with Crippen LogP contribution in [0.5, 0.6) is 6.01 Å². The van der Waals surface area contributed by atoms with Gasteiger partial charge in [0.05, 0.1) is 6.10 Å². The molecule has 0 bridgehead atoms. The first-order valence-electron chi connectivity index (χ1n) is 7.79. The summed E-state index contributed by atoms with van der Waals surface area (Å²) in [5.41, 5.74) is 5.78. The second-order valence-electron chi connectivity index (χ2n) is 6.07. The van der Waals surface area contributed by atoms with Crippen molar-refractivity contribution in [2.45, 2.75) is 45.3 Å². The minimum absolute atomic E-state index is 0.0237. The van der Waals surface area contributed by atoms with Gasteiger partial charge in [-0.25, -0.2) is 0 Å². The van der Waals surface area contributed by atoms with Crippen LogP contribution in [0.15, 0.2) is 0 Å². The molecule has 7 heteroatoms. The summed E-state index contributed by atoms with van der Waals surface area (Å²) in [6.07, 6.45) is 3.82. The molecule has 0 spiro atoms. The normalized spacial score (nSPS) is 23.2. The lowest BCUT2D eigenvalue weighted by molar-refractivity contribution is 0.222. The van der Waals surface area contributed by atoms with Gasteiger partial charge in [-0.05, 0) is 46.2 Å². The van der Waals surface area contributed by atoms with Gasteiger partial charge in [0.25, 0.3) is 0 Å². The first-order valence-corrected chi connectivity index (χ1v) is 7.79. The molecule has 2 fully saturated rings. The maximum atomic E-state index is 5.78. The predicted octanol–water partition coefficient (Wildman–Crippen LogP) is 0.915. The van der Waals surface area contributed by atoms with Gasteiger partial charge >= 0.3 is 6.01 Å². The summed E-state index contributed by atoms with van der Waals surface area (Å²) in [7, 11) is 0. The predicted molar refractivity (Wildman–Crippen MR) is 81.4 cm³/mol. The van der Waals surface area contributed by atoms with Crippen molar-refractivity contribution in [1.29, 1.82) is 0 Å². The summed E-state index contributed by atoms with van der Waals surface area (Å²) in [5, 5.41) is 0. The third kappa shape index (κ3) is 3.34. The molecule has 1 aromatic heterocycles. The van der Waals surface area contributed by atoms with E-state index in [0.29, 0.717) is 18.0 Å². The molecular formula is C14H24N6O. The zero-order valence-corrected chi connectivity index (χ0v) is 12.8. The van der Waals surface area contributed by atoms with Gasteiger partial charge in [0.15, 0.2) is 0 Å². The Balaban J connectivity index is 1.70. The summed E-state index contributed by atoms with van der Waals surface area (Å²) in [5.74, 6) is 0.861. The summed E-state index contributed by atoms with van der Waals surface area (Å²) < 4.78 is 5.54. The average molecular weight is 292 g/mol. The van der Waals surface area contributed by atoms with Gasteiger partial charge in [0.2, 0.25) is 11.9 Å². The Hall–Kier alpha value is -1.63. The Morgan fingerprint density at radius 3 is 2.62 bits per heavy atom. The third-order valence-corrected chi connectivity index (χ3v) is 4.06. The second-order valence-corrected chi connectivity index (χ2v) is 6.07. The summed E-state index contributed by atoms with van der Waals surface area (Å²) >= 11 is 0. The fourth-order valence-electron chi connectivity index (χ4n) is 3.09. The monoisotopic (exact) mass is 292 g/mol. The summed E-state index contributed by atoms with van der Waals surface area (Å²) in [6.45, 7) is 8.26. The van der Waals surface area contributed by atoms with Crippen molar-refractivity contribution in [3.8, 4) is 6.01 Å². The van der Waals surface area contributed by atoms with Crippen molar-refractivity contribution in [2.75, 3.05) is 36.8 Å². The van der Waals surface area contributed by atoms with Gasteiger partial charge in [0, 0.05) is 19.1 Å². The van der Waals surface area contributed by atoms with E-state index in [2.05, 4.69) is 24.8 Å². The molecule has 21 heavy (non-hydrogen) atoms. The van der Waals surface area contributed by atoms with Crippen molar-refractivity contribution in [2.24, 2.45) is 0 Å². The number of hydrogen-bond donors (Lipinski definition) is 1. The van der Waals surface area contributed by atoms with Crippen LogP contribution < -0.4 is 15.4 Å². The van der Waals surface area contributed by atoms with E-state index < -0.39 is 0 Å². The number of nitrogens with two attached hydrogens (primary N) is 1. The minimum atomic E-state index is 0.0237. The van der Waals surface area contributed by atoms with E-state index in [0.717, 1.165) is 19.5 Å². The molecule has 2 aliphatic heterocycles. The zero-order chi connectivity index (χ0) is 14.8. The number of ether oxygens (including phenoxy) is 1. The molecule has 0 saturated carbocycles. The van der Waals surface area contributed by atoms with Crippen molar-refractivity contribution in [1.82, 2.24) is 19.9 Å². The standard InChI is InChI=1S/C14H24N6O/c1-10(2)21-14-17-12(15)16-13(18-14)20-8-5-11(9-20)19-6-3-4-7-19/h10-11H,3-9H2,1-2H3,(H2,15,16,17,18). The lowest BCUT2D eigenvalue weighted by Gasteiger charge is -2.23. The second kappa shape index (κ2) is 6.01. The van der Waals surface area contributed by atoms with Crippen LogP contribution >= 0.6 is 0 Å². The molecule has 2 aliphatic rings. The topological polar surface area (TPSA) is 80.4 Å². The number of anilines is 2. The van der Waals surface area contributed by atoms with Crippen molar-refractivity contribution >= 4 is 11.9 Å². The molecule has 1 unspecified atom stereocenters. The SMILES string of the molecule is CC(C)Oc1nc(N)nc(N2CCC(N3CCCC3)C2)n1. The van der Waals surface area contributed by atoms with Gasteiger partial charge in [-0.2, -0.15) is 15.0 Å². The molecule has 7 nitrogen and oxygen atoms in total. The highest BCUT2D eigenvalue weighted by Gasteiger charge is 2.30. The van der Waals surface area contributed by atoms with Crippen LogP contribution in [-0.2, 0) is 0 Å². The van der Waals surface area contributed by atoms with Gasteiger partial charge in [-0.1, -0.05) is 0 Å². The smallest absolute Gasteiger partial charge is 0.323 e. The molecule has 3 rings (SSSR count). The van der Waals surface area contributed by atoms with E-state index in [9.17, 15) is 0 Å². The molecule has 3 heterocycles. The van der Waals surface area contributed by atoms with Crippen LogP contribution in [0, 0.1) is 0 Å². The zero-order valence-electron chi connectivity index (χ0n) is 12.8. The number of rotatable bonds is 4. The lowest BCUT2D eigenvalue weighted by atomic mass is 10.2. The van der Waals surface area contributed by atoms with Gasteiger partial charge in [-0.3, -0.25) is 4.90 Å².